The van der Waals surface area contributed by atoms with E-state index in [0.717, 1.165) is 18.1 Å². The molecule has 0 fully saturated rings. The summed E-state index contributed by atoms with van der Waals surface area (Å²) >= 11 is 0. The number of aromatic hydroxyl groups is 1. The van der Waals surface area contributed by atoms with E-state index in [1.807, 2.05) is 18.2 Å². The van der Waals surface area contributed by atoms with Crippen molar-refractivity contribution in [3.05, 3.63) is 18.2 Å². The predicted octanol–water partition coefficient (Wildman–Crippen LogP) is 1.46. The van der Waals surface area contributed by atoms with Gasteiger partial charge in [0, 0.05) is 18.1 Å². The van der Waals surface area contributed by atoms with Crippen LogP contribution in [0.3, 0.4) is 0 Å². The summed E-state index contributed by atoms with van der Waals surface area (Å²) in [6, 6.07) is 5.75. The van der Waals surface area contributed by atoms with Crippen molar-refractivity contribution < 1.29 is 15.0 Å². The van der Waals surface area contributed by atoms with Crippen molar-refractivity contribution in [1.29, 1.82) is 0 Å². The molecular formula is C8H8O3. The first kappa shape index (κ1) is 7.60. The molecule has 2 N–H and O–H groups in total. The second kappa shape index (κ2) is 2.62. The first-order valence-electron chi connectivity index (χ1n) is 3.15. The van der Waals surface area contributed by atoms with Gasteiger partial charge >= 0.3 is 0 Å². The zero-order valence-corrected chi connectivity index (χ0v) is 6.03. The molecule has 3 heteroatoms. The summed E-state index contributed by atoms with van der Waals surface area (Å²) in [7, 11) is 0. The van der Waals surface area contributed by atoms with Crippen molar-refractivity contribution in [2.75, 3.05) is 0 Å². The molecule has 2 aliphatic rings. The minimum Gasteiger partial charge on any atom is -0.507 e. The van der Waals surface area contributed by atoms with Gasteiger partial charge in [0.1, 0.15) is 5.75 Å². The SMILES string of the molecule is CC(=O)O.Oc1c2cccc1-2. The molecule has 0 spiro atoms. The maximum absolute atomic E-state index is 9.00. The number of fused-ring (bicyclic) bond motifs is 1. The Morgan fingerprint density at radius 3 is 1.91 bits per heavy atom. The number of para-hydroxylation sites is 1. The molecule has 0 aromatic rings. The van der Waals surface area contributed by atoms with Crippen LogP contribution >= 0.6 is 0 Å². The number of phenols is 1. The Morgan fingerprint density at radius 1 is 1.36 bits per heavy atom. The predicted molar refractivity (Wildman–Crippen MR) is 40.4 cm³/mol. The van der Waals surface area contributed by atoms with E-state index in [4.69, 9.17) is 15.0 Å². The number of benzene rings is 1. The average Bonchev–Trinajstić information content (AvgIpc) is 2.41. The summed E-state index contributed by atoms with van der Waals surface area (Å²) < 4.78 is 0. The Kier molecular flexibility index (Phi) is 1.81. The third-order valence-corrected chi connectivity index (χ3v) is 1.26. The minimum atomic E-state index is -0.833. The fourth-order valence-corrected chi connectivity index (χ4v) is 0.784. The Bertz CT molecular complexity index is 267. The van der Waals surface area contributed by atoms with Gasteiger partial charge in [-0.15, -0.1) is 0 Å². The number of carboxylic acids is 1. The van der Waals surface area contributed by atoms with Gasteiger partial charge in [0.15, 0.2) is 0 Å². The Morgan fingerprint density at radius 2 is 1.73 bits per heavy atom. The van der Waals surface area contributed by atoms with Gasteiger partial charge in [-0.3, -0.25) is 4.79 Å². The van der Waals surface area contributed by atoms with E-state index < -0.39 is 5.97 Å². The van der Waals surface area contributed by atoms with Gasteiger partial charge < -0.3 is 10.2 Å². The van der Waals surface area contributed by atoms with Crippen molar-refractivity contribution in [3.8, 4) is 16.9 Å². The van der Waals surface area contributed by atoms with Gasteiger partial charge in [0.25, 0.3) is 5.97 Å². The third-order valence-electron chi connectivity index (χ3n) is 1.26. The normalized spacial score (nSPS) is 9.55. The standard InChI is InChI=1S/C6H4O.C2H4O2/c7-6-4-2-1-3-5(4)6;1-2(3)4/h1-3,7H;1H3,(H,3,4). The van der Waals surface area contributed by atoms with E-state index in [-0.39, 0.29) is 0 Å². The topological polar surface area (TPSA) is 57.5 Å². The third kappa shape index (κ3) is 1.70. The maximum Gasteiger partial charge on any atom is 0.300 e. The molecule has 0 saturated carbocycles. The highest BCUT2D eigenvalue weighted by Crippen LogP contribution is 2.49. The number of aliphatic carboxylic acids is 1. The van der Waals surface area contributed by atoms with Crippen molar-refractivity contribution in [1.82, 2.24) is 0 Å². The second-order valence-corrected chi connectivity index (χ2v) is 2.22. The Hall–Kier alpha value is -1.51. The van der Waals surface area contributed by atoms with Crippen LogP contribution in [0.25, 0.3) is 11.1 Å². The number of hydrogen-bond donors (Lipinski definition) is 2. The molecule has 0 aliphatic heterocycles. The lowest BCUT2D eigenvalue weighted by Crippen LogP contribution is -1.78. The van der Waals surface area contributed by atoms with Crippen molar-refractivity contribution in [3.63, 3.8) is 0 Å². The van der Waals surface area contributed by atoms with Gasteiger partial charge in [-0.25, -0.2) is 0 Å². The van der Waals surface area contributed by atoms with Crippen LogP contribution in [0.15, 0.2) is 18.2 Å². The van der Waals surface area contributed by atoms with Crippen molar-refractivity contribution in [2.45, 2.75) is 6.92 Å². The molecule has 0 heterocycles. The highest BCUT2D eigenvalue weighted by molar-refractivity contribution is 5.94. The lowest BCUT2D eigenvalue weighted by molar-refractivity contribution is -0.134. The number of carboxylic acid groups (broad SMARTS) is 1. The molecule has 58 valence electrons. The highest BCUT2D eigenvalue weighted by Gasteiger charge is 2.21. The number of hydrogen-bond acceptors (Lipinski definition) is 2. The quantitative estimate of drug-likeness (QED) is 0.600. The first-order chi connectivity index (χ1) is 5.13. The second-order valence-electron chi connectivity index (χ2n) is 2.22. The molecular weight excluding hydrogens is 144 g/mol. The Labute approximate surface area is 63.9 Å². The van der Waals surface area contributed by atoms with Crippen LogP contribution in [0.4, 0.5) is 0 Å². The van der Waals surface area contributed by atoms with Crippen LogP contribution < -0.4 is 0 Å². The number of carbonyl (C=O) groups is 1. The first-order valence-corrected chi connectivity index (χ1v) is 3.15. The molecule has 0 atom stereocenters. The molecule has 2 aliphatic carbocycles. The average molecular weight is 152 g/mol. The number of rotatable bonds is 0. The molecule has 0 amide bonds. The molecule has 0 saturated heterocycles. The number of phenolic OH excluding ortho intramolecular Hbond substituents is 1. The maximum atomic E-state index is 9.00. The monoisotopic (exact) mass is 152 g/mol. The van der Waals surface area contributed by atoms with Gasteiger partial charge in [0.2, 0.25) is 0 Å². The van der Waals surface area contributed by atoms with Crippen LogP contribution in [0.5, 0.6) is 5.75 Å². The lowest BCUT2D eigenvalue weighted by Gasteiger charge is -1.60. The fourth-order valence-electron chi connectivity index (χ4n) is 0.784. The fraction of sp³-hybridized carbons (Fsp3) is 0.125. The molecule has 0 unspecified atom stereocenters. The van der Waals surface area contributed by atoms with E-state index in [2.05, 4.69) is 0 Å². The van der Waals surface area contributed by atoms with E-state index in [9.17, 15) is 0 Å². The Balaban J connectivity index is 0.000000134. The van der Waals surface area contributed by atoms with E-state index in [1.165, 1.54) is 0 Å². The smallest absolute Gasteiger partial charge is 0.300 e. The highest BCUT2D eigenvalue weighted by atomic mass is 16.4. The minimum absolute atomic E-state index is 0.488. The summed E-state index contributed by atoms with van der Waals surface area (Å²) in [5, 5.41) is 16.1. The zero-order valence-electron chi connectivity index (χ0n) is 6.03. The van der Waals surface area contributed by atoms with Gasteiger partial charge in [-0.1, -0.05) is 18.2 Å². The van der Waals surface area contributed by atoms with Crippen LogP contribution in [-0.2, 0) is 4.79 Å². The van der Waals surface area contributed by atoms with E-state index >= 15 is 0 Å². The van der Waals surface area contributed by atoms with Crippen LogP contribution in [-0.4, -0.2) is 16.2 Å². The van der Waals surface area contributed by atoms with Gasteiger partial charge in [-0.05, 0) is 0 Å². The molecule has 0 aromatic heterocycles. The molecule has 0 radical (unpaired) electrons. The largest absolute Gasteiger partial charge is 0.507 e. The van der Waals surface area contributed by atoms with Crippen LogP contribution in [0.2, 0.25) is 0 Å². The van der Waals surface area contributed by atoms with Crippen LogP contribution in [0, 0.1) is 0 Å². The summed E-state index contributed by atoms with van der Waals surface area (Å²) in [5.74, 6) is -0.345. The van der Waals surface area contributed by atoms with Crippen molar-refractivity contribution >= 4 is 5.97 Å². The molecule has 2 rings (SSSR count). The molecule has 11 heavy (non-hydrogen) atoms. The van der Waals surface area contributed by atoms with Crippen LogP contribution in [0.1, 0.15) is 6.92 Å². The van der Waals surface area contributed by atoms with Gasteiger partial charge in [0.05, 0.1) is 0 Å². The molecule has 3 nitrogen and oxygen atoms in total. The van der Waals surface area contributed by atoms with E-state index in [0.29, 0.717) is 5.75 Å². The molecule has 0 aromatic carbocycles. The van der Waals surface area contributed by atoms with E-state index in [1.54, 1.807) is 0 Å². The lowest BCUT2D eigenvalue weighted by atomic mass is 10.6. The summed E-state index contributed by atoms with van der Waals surface area (Å²) in [6.07, 6.45) is 0. The summed E-state index contributed by atoms with van der Waals surface area (Å²) in [5.41, 5.74) is 2.06. The van der Waals surface area contributed by atoms with Crippen molar-refractivity contribution in [2.24, 2.45) is 0 Å². The van der Waals surface area contributed by atoms with Gasteiger partial charge in [-0.2, -0.15) is 0 Å². The zero-order chi connectivity index (χ0) is 8.43. The summed E-state index contributed by atoms with van der Waals surface area (Å²) in [6.45, 7) is 1.08. The molecule has 0 bridgehead atoms. The summed E-state index contributed by atoms with van der Waals surface area (Å²) in [4.78, 5) is 9.00.